The van der Waals surface area contributed by atoms with Gasteiger partial charge < -0.3 is 13.6 Å². The molecule has 0 saturated carbocycles. The molecule has 0 aromatic heterocycles. The third-order valence-electron chi connectivity index (χ3n) is 1.25. The van der Waals surface area contributed by atoms with E-state index in [1.807, 2.05) is 6.92 Å². The van der Waals surface area contributed by atoms with Crippen molar-refractivity contribution in [3.05, 3.63) is 0 Å². The first kappa shape index (κ1) is 11.3. The molecule has 0 aliphatic rings. The molecule has 0 spiro atoms. The zero-order chi connectivity index (χ0) is 8.69. The first-order valence-corrected chi connectivity index (χ1v) is 8.46. The minimum absolute atomic E-state index is 0.403. The van der Waals surface area contributed by atoms with Crippen LogP contribution in [0.5, 0.6) is 0 Å². The van der Waals surface area contributed by atoms with Gasteiger partial charge in [0.2, 0.25) is 17.1 Å². The van der Waals surface area contributed by atoms with Gasteiger partial charge in [0.05, 0.1) is 0 Å². The maximum absolute atomic E-state index is 5.47. The summed E-state index contributed by atoms with van der Waals surface area (Å²) in [4.78, 5) is 0. The molecule has 0 unspecified atom stereocenters. The summed E-state index contributed by atoms with van der Waals surface area (Å²) >= 11 is 0. The molecule has 5 heteroatoms. The SMILES string of the molecule is CCO[Si](C)[Si](C)OCOC. The fourth-order valence-corrected chi connectivity index (χ4v) is 3.53. The van der Waals surface area contributed by atoms with Gasteiger partial charge in [-0.25, -0.2) is 0 Å². The van der Waals surface area contributed by atoms with Crippen molar-refractivity contribution in [3.63, 3.8) is 0 Å². The molecular formula is C6H16O3Si2. The van der Waals surface area contributed by atoms with Crippen molar-refractivity contribution in [2.45, 2.75) is 20.0 Å². The lowest BCUT2D eigenvalue weighted by atomic mass is 10.9. The summed E-state index contributed by atoms with van der Waals surface area (Å²) < 4.78 is 15.7. The molecule has 3 nitrogen and oxygen atoms in total. The highest BCUT2D eigenvalue weighted by Crippen LogP contribution is 1.94. The Labute approximate surface area is 71.9 Å². The maximum Gasteiger partial charge on any atom is 0.229 e. The molecule has 0 amide bonds. The lowest BCUT2D eigenvalue weighted by Gasteiger charge is -2.14. The number of hydrogen-bond acceptors (Lipinski definition) is 3. The molecule has 0 heterocycles. The number of rotatable bonds is 6. The first-order valence-electron chi connectivity index (χ1n) is 3.64. The summed E-state index contributed by atoms with van der Waals surface area (Å²) in [7, 11) is 0.208. The lowest BCUT2D eigenvalue weighted by molar-refractivity contribution is 0.0516. The number of methoxy groups -OCH3 is 1. The van der Waals surface area contributed by atoms with Crippen LogP contribution in [0.2, 0.25) is 13.1 Å². The van der Waals surface area contributed by atoms with Crippen LogP contribution in [-0.2, 0) is 13.6 Å². The quantitative estimate of drug-likeness (QED) is 0.463. The third-order valence-corrected chi connectivity index (χ3v) is 7.35. The minimum Gasteiger partial charge on any atom is -0.418 e. The van der Waals surface area contributed by atoms with Gasteiger partial charge in [0.1, 0.15) is 6.79 Å². The van der Waals surface area contributed by atoms with E-state index in [4.69, 9.17) is 13.6 Å². The minimum atomic E-state index is -0.738. The standard InChI is InChI=1S/C6H16O3Si2/c1-5-8-10(3)11(4)9-6-7-2/h5-6H2,1-4H3. The van der Waals surface area contributed by atoms with E-state index in [1.165, 1.54) is 0 Å². The van der Waals surface area contributed by atoms with Crippen molar-refractivity contribution in [3.8, 4) is 0 Å². The van der Waals surface area contributed by atoms with Gasteiger partial charge in [-0.15, -0.1) is 0 Å². The Bertz CT molecular complexity index is 91.9. The fraction of sp³-hybridized carbons (Fsp3) is 1.00. The van der Waals surface area contributed by atoms with Crippen molar-refractivity contribution < 1.29 is 13.6 Å². The predicted octanol–water partition coefficient (Wildman–Crippen LogP) is 0.964. The Hall–Kier alpha value is 0.314. The molecule has 2 radical (unpaired) electrons. The summed E-state index contributed by atoms with van der Waals surface area (Å²) in [5.41, 5.74) is 0. The highest BCUT2D eigenvalue weighted by atomic mass is 29.2. The first-order chi connectivity index (χ1) is 5.22. The van der Waals surface area contributed by atoms with Crippen LogP contribution in [0.4, 0.5) is 0 Å². The molecule has 11 heavy (non-hydrogen) atoms. The second-order valence-corrected chi connectivity index (χ2v) is 9.12. The Morgan fingerprint density at radius 1 is 1.09 bits per heavy atom. The molecular weight excluding hydrogens is 176 g/mol. The molecule has 0 aromatic carbocycles. The Kier molecular flexibility index (Phi) is 7.19. The summed E-state index contributed by atoms with van der Waals surface area (Å²) in [6, 6.07) is 0. The van der Waals surface area contributed by atoms with Crippen LogP contribution in [-0.4, -0.2) is 37.6 Å². The van der Waals surface area contributed by atoms with Crippen LogP contribution in [0.1, 0.15) is 6.92 Å². The molecule has 66 valence electrons. The summed E-state index contributed by atoms with van der Waals surface area (Å²) in [6.45, 7) is 7.47. The summed E-state index contributed by atoms with van der Waals surface area (Å²) in [6.07, 6.45) is 0. The second-order valence-electron chi connectivity index (χ2n) is 2.10. The van der Waals surface area contributed by atoms with E-state index >= 15 is 0 Å². The van der Waals surface area contributed by atoms with E-state index in [0.29, 0.717) is 6.79 Å². The van der Waals surface area contributed by atoms with Crippen molar-refractivity contribution >= 4 is 17.1 Å². The van der Waals surface area contributed by atoms with Crippen molar-refractivity contribution in [1.82, 2.24) is 0 Å². The molecule has 0 bridgehead atoms. The van der Waals surface area contributed by atoms with Crippen molar-refractivity contribution in [1.29, 1.82) is 0 Å². The van der Waals surface area contributed by atoms with Crippen LogP contribution in [0.25, 0.3) is 0 Å². The van der Waals surface area contributed by atoms with Gasteiger partial charge in [0.25, 0.3) is 0 Å². The van der Waals surface area contributed by atoms with Crippen molar-refractivity contribution in [2.75, 3.05) is 20.5 Å². The molecule has 0 aliphatic heterocycles. The molecule has 0 aliphatic carbocycles. The van der Waals surface area contributed by atoms with E-state index in [2.05, 4.69) is 13.1 Å². The monoisotopic (exact) mass is 192 g/mol. The Morgan fingerprint density at radius 3 is 2.09 bits per heavy atom. The van der Waals surface area contributed by atoms with Crippen LogP contribution in [0, 0.1) is 0 Å². The van der Waals surface area contributed by atoms with Crippen LogP contribution in [0.15, 0.2) is 0 Å². The van der Waals surface area contributed by atoms with Gasteiger partial charge in [-0.2, -0.15) is 0 Å². The van der Waals surface area contributed by atoms with Crippen LogP contribution < -0.4 is 0 Å². The molecule has 0 fully saturated rings. The zero-order valence-corrected chi connectivity index (χ0v) is 9.64. The highest BCUT2D eigenvalue weighted by Gasteiger charge is 2.19. The maximum atomic E-state index is 5.47. The van der Waals surface area contributed by atoms with E-state index in [1.54, 1.807) is 7.11 Å². The average molecular weight is 192 g/mol. The van der Waals surface area contributed by atoms with E-state index in [-0.39, 0.29) is 0 Å². The molecule has 0 rings (SSSR count). The van der Waals surface area contributed by atoms with E-state index < -0.39 is 17.1 Å². The van der Waals surface area contributed by atoms with Crippen LogP contribution >= 0.6 is 0 Å². The molecule has 0 N–H and O–H groups in total. The zero-order valence-electron chi connectivity index (χ0n) is 7.64. The Morgan fingerprint density at radius 2 is 1.64 bits per heavy atom. The fourth-order valence-electron chi connectivity index (χ4n) is 0.567. The second kappa shape index (κ2) is 6.99. The van der Waals surface area contributed by atoms with Gasteiger partial charge in [-0.3, -0.25) is 0 Å². The van der Waals surface area contributed by atoms with Crippen LogP contribution in [0.3, 0.4) is 0 Å². The van der Waals surface area contributed by atoms with Gasteiger partial charge in [0.15, 0.2) is 0 Å². The molecule has 0 aromatic rings. The highest BCUT2D eigenvalue weighted by molar-refractivity contribution is 7.15. The molecule has 0 saturated heterocycles. The largest absolute Gasteiger partial charge is 0.418 e. The van der Waals surface area contributed by atoms with E-state index in [9.17, 15) is 0 Å². The lowest BCUT2D eigenvalue weighted by Crippen LogP contribution is -2.36. The Balaban J connectivity index is 3.38. The van der Waals surface area contributed by atoms with Gasteiger partial charge in [0, 0.05) is 13.7 Å². The summed E-state index contributed by atoms with van der Waals surface area (Å²) in [5, 5.41) is 0. The smallest absolute Gasteiger partial charge is 0.229 e. The van der Waals surface area contributed by atoms with Crippen molar-refractivity contribution in [2.24, 2.45) is 0 Å². The average Bonchev–Trinajstić information content (AvgIpc) is 2.00. The molecule has 0 atom stereocenters. The topological polar surface area (TPSA) is 27.7 Å². The number of hydrogen-bond donors (Lipinski definition) is 0. The third kappa shape index (κ3) is 5.57. The predicted molar refractivity (Wildman–Crippen MR) is 47.8 cm³/mol. The number of ether oxygens (including phenoxy) is 1. The van der Waals surface area contributed by atoms with E-state index in [0.717, 1.165) is 6.61 Å². The van der Waals surface area contributed by atoms with Gasteiger partial charge in [-0.05, 0) is 20.0 Å². The summed E-state index contributed by atoms with van der Waals surface area (Å²) in [5.74, 6) is 0. The van der Waals surface area contributed by atoms with Gasteiger partial charge in [-0.1, -0.05) is 0 Å². The normalized spacial score (nSPS) is 11.5. The van der Waals surface area contributed by atoms with Gasteiger partial charge >= 0.3 is 0 Å².